The zero-order valence-corrected chi connectivity index (χ0v) is 7.78. The Labute approximate surface area is 73.2 Å². The number of rotatable bonds is 2. The second kappa shape index (κ2) is 3.54. The second-order valence-corrected chi connectivity index (χ2v) is 3.13. The van der Waals surface area contributed by atoms with Crippen molar-refractivity contribution in [1.82, 2.24) is 4.98 Å². The summed E-state index contributed by atoms with van der Waals surface area (Å²) in [5.41, 5.74) is 6.76. The van der Waals surface area contributed by atoms with Gasteiger partial charge in [0.2, 0.25) is 0 Å². The normalized spacial score (nSPS) is 12.7. The first kappa shape index (κ1) is 9.00. The second-order valence-electron chi connectivity index (χ2n) is 3.13. The van der Waals surface area contributed by atoms with Crippen molar-refractivity contribution in [2.45, 2.75) is 13.0 Å². The van der Waals surface area contributed by atoms with Gasteiger partial charge >= 0.3 is 0 Å². The van der Waals surface area contributed by atoms with E-state index < -0.39 is 0 Å². The highest BCUT2D eigenvalue weighted by molar-refractivity contribution is 5.37. The Morgan fingerprint density at radius 3 is 2.42 bits per heavy atom. The minimum atomic E-state index is 0.0636. The van der Waals surface area contributed by atoms with E-state index >= 15 is 0 Å². The standard InChI is InChI=1S/C9H15N3/c1-7(10)8-4-5-9(11-6-8)12(2)3/h4-7H,10H2,1-3H3/t7-/m0/s1. The lowest BCUT2D eigenvalue weighted by Crippen LogP contribution is -2.11. The largest absolute Gasteiger partial charge is 0.363 e. The fourth-order valence-electron chi connectivity index (χ4n) is 0.931. The SMILES string of the molecule is C[C@H](N)c1ccc(N(C)C)nc1. The number of nitrogens with two attached hydrogens (primary N) is 1. The molecule has 12 heavy (non-hydrogen) atoms. The van der Waals surface area contributed by atoms with Gasteiger partial charge in [-0.2, -0.15) is 0 Å². The first-order valence-electron chi connectivity index (χ1n) is 4.00. The van der Waals surface area contributed by atoms with E-state index in [9.17, 15) is 0 Å². The number of nitrogens with zero attached hydrogens (tertiary/aromatic N) is 2. The van der Waals surface area contributed by atoms with Crippen molar-refractivity contribution < 1.29 is 0 Å². The molecule has 0 fully saturated rings. The molecule has 0 amide bonds. The maximum atomic E-state index is 5.69. The molecule has 0 spiro atoms. The minimum absolute atomic E-state index is 0.0636. The molecule has 1 aromatic heterocycles. The highest BCUT2D eigenvalue weighted by Crippen LogP contribution is 2.11. The zero-order valence-electron chi connectivity index (χ0n) is 7.78. The Hall–Kier alpha value is -1.09. The summed E-state index contributed by atoms with van der Waals surface area (Å²) in [6.07, 6.45) is 1.82. The summed E-state index contributed by atoms with van der Waals surface area (Å²) in [5, 5.41) is 0. The molecule has 3 heteroatoms. The van der Waals surface area contributed by atoms with Crippen molar-refractivity contribution in [1.29, 1.82) is 0 Å². The monoisotopic (exact) mass is 165 g/mol. The molecule has 0 bridgehead atoms. The molecule has 66 valence electrons. The van der Waals surface area contributed by atoms with Gasteiger partial charge in [0, 0.05) is 26.3 Å². The molecule has 1 atom stereocenters. The molecule has 0 saturated carbocycles. The van der Waals surface area contributed by atoms with Gasteiger partial charge in [-0.15, -0.1) is 0 Å². The van der Waals surface area contributed by atoms with Crippen molar-refractivity contribution in [2.24, 2.45) is 5.73 Å². The Balaban J connectivity index is 2.86. The van der Waals surface area contributed by atoms with Crippen LogP contribution in [0.4, 0.5) is 5.82 Å². The van der Waals surface area contributed by atoms with Gasteiger partial charge in [-0.3, -0.25) is 0 Å². The highest BCUT2D eigenvalue weighted by Gasteiger charge is 2.00. The average Bonchev–Trinajstić information content (AvgIpc) is 2.04. The quantitative estimate of drug-likeness (QED) is 0.715. The van der Waals surface area contributed by atoms with E-state index in [-0.39, 0.29) is 6.04 Å². The fourth-order valence-corrected chi connectivity index (χ4v) is 0.931. The van der Waals surface area contributed by atoms with Crippen molar-refractivity contribution in [2.75, 3.05) is 19.0 Å². The molecule has 0 aliphatic heterocycles. The molecule has 3 nitrogen and oxygen atoms in total. The summed E-state index contributed by atoms with van der Waals surface area (Å²) in [6.45, 7) is 1.95. The summed E-state index contributed by atoms with van der Waals surface area (Å²) >= 11 is 0. The lowest BCUT2D eigenvalue weighted by atomic mass is 10.1. The number of hydrogen-bond acceptors (Lipinski definition) is 3. The van der Waals surface area contributed by atoms with Crippen LogP contribution in [0.3, 0.4) is 0 Å². The van der Waals surface area contributed by atoms with Crippen LogP contribution >= 0.6 is 0 Å². The zero-order chi connectivity index (χ0) is 9.14. The molecule has 0 aromatic carbocycles. The van der Waals surface area contributed by atoms with Crippen LogP contribution in [0, 0.1) is 0 Å². The fraction of sp³-hybridized carbons (Fsp3) is 0.444. The molecule has 0 saturated heterocycles. The Morgan fingerprint density at radius 2 is 2.08 bits per heavy atom. The third kappa shape index (κ3) is 1.95. The van der Waals surface area contributed by atoms with Crippen LogP contribution in [0.25, 0.3) is 0 Å². The third-order valence-corrected chi connectivity index (χ3v) is 1.75. The predicted octanol–water partition coefficient (Wildman–Crippen LogP) is 1.17. The van der Waals surface area contributed by atoms with Crippen molar-refractivity contribution in [3.8, 4) is 0 Å². The van der Waals surface area contributed by atoms with Gasteiger partial charge in [0.25, 0.3) is 0 Å². The van der Waals surface area contributed by atoms with Crippen LogP contribution in [0.5, 0.6) is 0 Å². The van der Waals surface area contributed by atoms with Gasteiger partial charge in [-0.05, 0) is 18.6 Å². The molecule has 0 radical (unpaired) electrons. The molecule has 2 N–H and O–H groups in total. The van der Waals surface area contributed by atoms with Crippen molar-refractivity contribution >= 4 is 5.82 Å². The van der Waals surface area contributed by atoms with Crippen molar-refractivity contribution in [3.63, 3.8) is 0 Å². The van der Waals surface area contributed by atoms with Gasteiger partial charge in [0.05, 0.1) is 0 Å². The number of hydrogen-bond donors (Lipinski definition) is 1. The van der Waals surface area contributed by atoms with Crippen LogP contribution in [0.1, 0.15) is 18.5 Å². The Kier molecular flexibility index (Phi) is 2.65. The highest BCUT2D eigenvalue weighted by atomic mass is 15.1. The van der Waals surface area contributed by atoms with E-state index in [1.165, 1.54) is 0 Å². The van der Waals surface area contributed by atoms with Gasteiger partial charge in [-0.1, -0.05) is 6.07 Å². The Morgan fingerprint density at radius 1 is 1.42 bits per heavy atom. The van der Waals surface area contributed by atoms with E-state index in [4.69, 9.17) is 5.73 Å². The molecular weight excluding hydrogens is 150 g/mol. The van der Waals surface area contributed by atoms with Gasteiger partial charge in [-0.25, -0.2) is 4.98 Å². The summed E-state index contributed by atoms with van der Waals surface area (Å²) in [6, 6.07) is 4.04. The number of pyridine rings is 1. The third-order valence-electron chi connectivity index (χ3n) is 1.75. The Bertz CT molecular complexity index is 211. The van der Waals surface area contributed by atoms with Crippen LogP contribution < -0.4 is 10.6 Å². The number of aromatic nitrogens is 1. The van der Waals surface area contributed by atoms with Gasteiger partial charge < -0.3 is 10.6 Å². The molecule has 0 aliphatic carbocycles. The number of anilines is 1. The van der Waals surface area contributed by atoms with Gasteiger partial charge in [0.1, 0.15) is 5.82 Å². The maximum Gasteiger partial charge on any atom is 0.127 e. The maximum absolute atomic E-state index is 5.69. The van der Waals surface area contributed by atoms with E-state index in [1.807, 2.05) is 44.2 Å². The van der Waals surface area contributed by atoms with Crippen LogP contribution in [0.2, 0.25) is 0 Å². The van der Waals surface area contributed by atoms with E-state index in [0.29, 0.717) is 0 Å². The summed E-state index contributed by atoms with van der Waals surface area (Å²) in [4.78, 5) is 6.21. The summed E-state index contributed by atoms with van der Waals surface area (Å²) in [5.74, 6) is 0.958. The van der Waals surface area contributed by atoms with Crippen LogP contribution in [0.15, 0.2) is 18.3 Å². The lowest BCUT2D eigenvalue weighted by molar-refractivity contribution is 0.810. The van der Waals surface area contributed by atoms with E-state index in [1.54, 1.807) is 0 Å². The topological polar surface area (TPSA) is 42.1 Å². The van der Waals surface area contributed by atoms with Crippen LogP contribution in [-0.2, 0) is 0 Å². The molecule has 1 aromatic rings. The lowest BCUT2D eigenvalue weighted by Gasteiger charge is -2.12. The van der Waals surface area contributed by atoms with E-state index in [2.05, 4.69) is 4.98 Å². The summed E-state index contributed by atoms with van der Waals surface area (Å²) < 4.78 is 0. The van der Waals surface area contributed by atoms with Crippen molar-refractivity contribution in [3.05, 3.63) is 23.9 Å². The minimum Gasteiger partial charge on any atom is -0.363 e. The summed E-state index contributed by atoms with van der Waals surface area (Å²) in [7, 11) is 3.93. The predicted molar refractivity (Wildman–Crippen MR) is 51.2 cm³/mol. The molecule has 1 heterocycles. The van der Waals surface area contributed by atoms with E-state index in [0.717, 1.165) is 11.4 Å². The molecule has 1 rings (SSSR count). The smallest absolute Gasteiger partial charge is 0.127 e. The van der Waals surface area contributed by atoms with Crippen LogP contribution in [-0.4, -0.2) is 19.1 Å². The molecular formula is C9H15N3. The first-order chi connectivity index (χ1) is 5.61. The van der Waals surface area contributed by atoms with Gasteiger partial charge in [0.15, 0.2) is 0 Å². The molecule has 0 aliphatic rings. The first-order valence-corrected chi connectivity index (χ1v) is 4.00. The average molecular weight is 165 g/mol. The molecule has 0 unspecified atom stereocenters.